The zero-order valence-corrected chi connectivity index (χ0v) is 23.4. The van der Waals surface area contributed by atoms with Crippen LogP contribution in [0.2, 0.25) is 0 Å². The molecule has 0 heterocycles. The molecule has 0 aliphatic heterocycles. The lowest BCUT2D eigenvalue weighted by molar-refractivity contribution is 0.305. The van der Waals surface area contributed by atoms with Gasteiger partial charge in [-0.25, -0.2) is 0 Å². The zero-order valence-electron chi connectivity index (χ0n) is 23.4. The molecule has 0 aliphatic carbocycles. The minimum Gasteiger partial charge on any atom is -0.494 e. The van der Waals surface area contributed by atoms with E-state index >= 15 is 0 Å². The van der Waals surface area contributed by atoms with Crippen molar-refractivity contribution in [1.29, 1.82) is 0 Å². The standard InChI is InChI=1S/C34H40N4O/c1-3-5-7-9-13-27-16-18-28(19-17-27)35-37-33-24-25-34(32-15-11-10-14-31(32)33)38-36-29-20-22-30(23-21-29)39-26-12-8-6-4-2/h10-11,14-25H,3-9,12-13,26H2,1-2H3. The Hall–Kier alpha value is -3.86. The van der Waals surface area contributed by atoms with Crippen molar-refractivity contribution in [2.75, 3.05) is 6.61 Å². The molecule has 0 saturated carbocycles. The lowest BCUT2D eigenvalue weighted by atomic mass is 10.1. The van der Waals surface area contributed by atoms with Gasteiger partial charge in [0.05, 0.1) is 29.4 Å². The van der Waals surface area contributed by atoms with Crippen LogP contribution in [0.4, 0.5) is 22.7 Å². The van der Waals surface area contributed by atoms with Gasteiger partial charge in [0.2, 0.25) is 0 Å². The van der Waals surface area contributed by atoms with Gasteiger partial charge in [-0.15, -0.1) is 10.2 Å². The minimum absolute atomic E-state index is 0.751. The van der Waals surface area contributed by atoms with E-state index in [1.54, 1.807) is 0 Å². The fourth-order valence-corrected chi connectivity index (χ4v) is 4.48. The van der Waals surface area contributed by atoms with E-state index < -0.39 is 0 Å². The SMILES string of the molecule is CCCCCCOc1ccc(N=Nc2ccc(N=Nc3ccc(CCCCCC)cc3)c3ccccc23)cc1. The first-order valence-electron chi connectivity index (χ1n) is 14.4. The fraction of sp³-hybridized carbons (Fsp3) is 0.353. The second-order valence-corrected chi connectivity index (χ2v) is 9.93. The molecule has 0 unspecified atom stereocenters. The van der Waals surface area contributed by atoms with Gasteiger partial charge in [0.1, 0.15) is 5.75 Å². The Morgan fingerprint density at radius 1 is 0.513 bits per heavy atom. The third-order valence-corrected chi connectivity index (χ3v) is 6.78. The van der Waals surface area contributed by atoms with E-state index in [0.29, 0.717) is 0 Å². The van der Waals surface area contributed by atoms with Crippen LogP contribution in [0.3, 0.4) is 0 Å². The van der Waals surface area contributed by atoms with Crippen LogP contribution in [0.15, 0.2) is 105 Å². The average molecular weight is 521 g/mol. The first kappa shape index (κ1) is 28.2. The Labute approximate surface area is 233 Å². The fourth-order valence-electron chi connectivity index (χ4n) is 4.48. The summed E-state index contributed by atoms with van der Waals surface area (Å²) in [5, 5.41) is 20.1. The summed E-state index contributed by atoms with van der Waals surface area (Å²) in [7, 11) is 0. The number of benzene rings is 4. The van der Waals surface area contributed by atoms with Gasteiger partial charge >= 0.3 is 0 Å². The second-order valence-electron chi connectivity index (χ2n) is 9.93. The summed E-state index contributed by atoms with van der Waals surface area (Å²) in [6.45, 7) is 5.21. The topological polar surface area (TPSA) is 58.7 Å². The predicted octanol–water partition coefficient (Wildman–Crippen LogP) is 11.8. The molecule has 0 amide bonds. The van der Waals surface area contributed by atoms with Crippen molar-refractivity contribution >= 4 is 33.5 Å². The third kappa shape index (κ3) is 8.85. The first-order chi connectivity index (χ1) is 19.3. The lowest BCUT2D eigenvalue weighted by Gasteiger charge is -2.06. The largest absolute Gasteiger partial charge is 0.494 e. The lowest BCUT2D eigenvalue weighted by Crippen LogP contribution is -1.96. The van der Waals surface area contributed by atoms with Gasteiger partial charge < -0.3 is 4.74 Å². The molecule has 0 bridgehead atoms. The Balaban J connectivity index is 1.40. The molecule has 4 aromatic rings. The quantitative estimate of drug-likeness (QED) is 0.114. The molecule has 0 radical (unpaired) electrons. The van der Waals surface area contributed by atoms with Crippen LogP contribution in [0, 0.1) is 0 Å². The molecule has 0 spiro atoms. The van der Waals surface area contributed by atoms with Crippen molar-refractivity contribution in [2.24, 2.45) is 20.5 Å². The summed E-state index contributed by atoms with van der Waals surface area (Å²) in [4.78, 5) is 0. The van der Waals surface area contributed by atoms with Gasteiger partial charge in [-0.05, 0) is 73.4 Å². The highest BCUT2D eigenvalue weighted by Crippen LogP contribution is 2.35. The van der Waals surface area contributed by atoms with Crippen molar-refractivity contribution in [3.05, 3.63) is 90.5 Å². The summed E-state index contributed by atoms with van der Waals surface area (Å²) in [5.41, 5.74) is 4.61. The van der Waals surface area contributed by atoms with E-state index in [9.17, 15) is 0 Å². The van der Waals surface area contributed by atoms with E-state index in [0.717, 1.165) is 58.7 Å². The van der Waals surface area contributed by atoms with Gasteiger partial charge in [-0.2, -0.15) is 10.2 Å². The normalized spacial score (nSPS) is 11.6. The highest BCUT2D eigenvalue weighted by atomic mass is 16.5. The number of ether oxygens (including phenoxy) is 1. The number of unbranched alkanes of at least 4 members (excludes halogenated alkanes) is 6. The van der Waals surface area contributed by atoms with Crippen LogP contribution >= 0.6 is 0 Å². The number of azo groups is 2. The highest BCUT2D eigenvalue weighted by Gasteiger charge is 2.06. The van der Waals surface area contributed by atoms with Crippen LogP contribution in [0.5, 0.6) is 5.75 Å². The molecule has 0 aromatic heterocycles. The molecule has 202 valence electrons. The second kappa shape index (κ2) is 15.5. The van der Waals surface area contributed by atoms with Gasteiger partial charge in [0.25, 0.3) is 0 Å². The van der Waals surface area contributed by atoms with E-state index in [2.05, 4.69) is 52.5 Å². The number of hydrogen-bond donors (Lipinski definition) is 0. The smallest absolute Gasteiger partial charge is 0.119 e. The Morgan fingerprint density at radius 3 is 1.62 bits per heavy atom. The number of aryl methyl sites for hydroxylation is 1. The van der Waals surface area contributed by atoms with Gasteiger partial charge in [0, 0.05) is 10.8 Å². The van der Waals surface area contributed by atoms with Gasteiger partial charge in [0.15, 0.2) is 0 Å². The van der Waals surface area contributed by atoms with Gasteiger partial charge in [-0.3, -0.25) is 0 Å². The first-order valence-corrected chi connectivity index (χ1v) is 14.4. The summed E-state index contributed by atoms with van der Waals surface area (Å²) in [6, 6.07) is 28.2. The van der Waals surface area contributed by atoms with E-state index in [4.69, 9.17) is 4.74 Å². The number of hydrogen-bond acceptors (Lipinski definition) is 5. The molecule has 5 nitrogen and oxygen atoms in total. The van der Waals surface area contributed by atoms with Gasteiger partial charge in [-0.1, -0.05) is 88.8 Å². The zero-order chi connectivity index (χ0) is 27.1. The predicted molar refractivity (Wildman–Crippen MR) is 163 cm³/mol. The van der Waals surface area contributed by atoms with Crippen molar-refractivity contribution < 1.29 is 4.74 Å². The maximum Gasteiger partial charge on any atom is 0.119 e. The van der Waals surface area contributed by atoms with Crippen molar-refractivity contribution in [3.8, 4) is 5.75 Å². The Kier molecular flexibility index (Phi) is 11.2. The van der Waals surface area contributed by atoms with E-state index in [1.165, 1.54) is 50.5 Å². The molecule has 0 aliphatic rings. The minimum atomic E-state index is 0.751. The van der Waals surface area contributed by atoms with Crippen LogP contribution in [0.1, 0.15) is 70.8 Å². The third-order valence-electron chi connectivity index (χ3n) is 6.78. The summed E-state index contributed by atoms with van der Waals surface area (Å²) < 4.78 is 5.83. The molecule has 0 saturated heterocycles. The van der Waals surface area contributed by atoms with E-state index in [1.807, 2.05) is 66.7 Å². The molecule has 4 rings (SSSR count). The van der Waals surface area contributed by atoms with Crippen molar-refractivity contribution in [1.82, 2.24) is 0 Å². The molecule has 39 heavy (non-hydrogen) atoms. The molecule has 4 aromatic carbocycles. The maximum absolute atomic E-state index is 5.83. The van der Waals surface area contributed by atoms with Crippen molar-refractivity contribution in [2.45, 2.75) is 71.6 Å². The van der Waals surface area contributed by atoms with Crippen LogP contribution in [-0.4, -0.2) is 6.61 Å². The van der Waals surface area contributed by atoms with E-state index in [-0.39, 0.29) is 0 Å². The summed E-state index contributed by atoms with van der Waals surface area (Å²) in [5.74, 6) is 0.868. The van der Waals surface area contributed by atoms with Crippen molar-refractivity contribution in [3.63, 3.8) is 0 Å². The number of nitrogens with zero attached hydrogens (tertiary/aromatic N) is 4. The van der Waals surface area contributed by atoms with Crippen LogP contribution in [-0.2, 0) is 6.42 Å². The molecular formula is C34H40N4O. The summed E-state index contributed by atoms with van der Waals surface area (Å²) in [6.07, 6.45) is 11.0. The highest BCUT2D eigenvalue weighted by molar-refractivity contribution is 5.99. The molecule has 0 fully saturated rings. The average Bonchev–Trinajstić information content (AvgIpc) is 2.98. The molecular weight excluding hydrogens is 480 g/mol. The number of rotatable bonds is 15. The molecule has 0 N–H and O–H groups in total. The molecule has 5 heteroatoms. The maximum atomic E-state index is 5.83. The van der Waals surface area contributed by atoms with Crippen LogP contribution < -0.4 is 4.74 Å². The molecule has 0 atom stereocenters. The monoisotopic (exact) mass is 520 g/mol. The Morgan fingerprint density at radius 2 is 1.05 bits per heavy atom. The van der Waals surface area contributed by atoms with Crippen LogP contribution in [0.25, 0.3) is 10.8 Å². The number of fused-ring (bicyclic) bond motifs is 1. The summed E-state index contributed by atoms with van der Waals surface area (Å²) >= 11 is 0. The Bertz CT molecular complexity index is 1340.